The summed E-state index contributed by atoms with van der Waals surface area (Å²) in [6.07, 6.45) is 4.72. The Hall–Kier alpha value is -1.81. The number of carbonyl (C=O) groups is 1. The summed E-state index contributed by atoms with van der Waals surface area (Å²) in [4.78, 5) is 15.5. The summed E-state index contributed by atoms with van der Waals surface area (Å²) in [5.41, 5.74) is 1.32. The van der Waals surface area contributed by atoms with Gasteiger partial charge in [0, 0.05) is 18.9 Å². The fourth-order valence-electron chi connectivity index (χ4n) is 1.23. The molecule has 4 nitrogen and oxygen atoms in total. The van der Waals surface area contributed by atoms with Crippen LogP contribution in [0, 0.1) is 0 Å². The van der Waals surface area contributed by atoms with Crippen LogP contribution in [-0.4, -0.2) is 10.9 Å². The molecule has 2 heterocycles. The van der Waals surface area contributed by atoms with E-state index in [1.54, 1.807) is 12.4 Å². The van der Waals surface area contributed by atoms with Crippen molar-refractivity contribution in [1.82, 2.24) is 10.3 Å². The highest BCUT2D eigenvalue weighted by atomic mass is 35.5. The van der Waals surface area contributed by atoms with E-state index >= 15 is 0 Å². The Morgan fingerprint density at radius 2 is 2.12 bits per heavy atom. The van der Waals surface area contributed by atoms with Gasteiger partial charge in [0.1, 0.15) is 0 Å². The van der Waals surface area contributed by atoms with Crippen LogP contribution >= 0.6 is 11.6 Å². The number of hydrogen-bond donors (Lipinski definition) is 1. The summed E-state index contributed by atoms with van der Waals surface area (Å²) in [6.45, 7) is 0.433. The molecule has 0 aliphatic heterocycles. The Balaban J connectivity index is 1.97. The van der Waals surface area contributed by atoms with E-state index in [4.69, 9.17) is 16.0 Å². The zero-order chi connectivity index (χ0) is 11.4. The fourth-order valence-corrected chi connectivity index (χ4v) is 1.43. The first kappa shape index (κ1) is 10.7. The minimum absolute atomic E-state index is 0.104. The van der Waals surface area contributed by atoms with Gasteiger partial charge in [-0.25, -0.2) is 0 Å². The second kappa shape index (κ2) is 4.81. The van der Waals surface area contributed by atoms with Crippen LogP contribution in [0.4, 0.5) is 0 Å². The number of halogens is 1. The molecular weight excluding hydrogens is 228 g/mol. The van der Waals surface area contributed by atoms with Gasteiger partial charge in [0.2, 0.25) is 5.22 Å². The van der Waals surface area contributed by atoms with Gasteiger partial charge in [-0.3, -0.25) is 9.78 Å². The van der Waals surface area contributed by atoms with Crippen LogP contribution in [0.15, 0.2) is 41.3 Å². The molecule has 0 saturated carbocycles. The van der Waals surface area contributed by atoms with Gasteiger partial charge in [-0.15, -0.1) is 0 Å². The van der Waals surface area contributed by atoms with Gasteiger partial charge in [-0.2, -0.15) is 0 Å². The molecule has 0 saturated heterocycles. The Morgan fingerprint density at radius 3 is 2.75 bits per heavy atom. The average Bonchev–Trinajstić information content (AvgIpc) is 2.74. The monoisotopic (exact) mass is 236 g/mol. The third-order valence-corrected chi connectivity index (χ3v) is 2.36. The maximum Gasteiger partial charge on any atom is 0.256 e. The van der Waals surface area contributed by atoms with Gasteiger partial charge in [0.15, 0.2) is 0 Å². The Morgan fingerprint density at radius 1 is 1.38 bits per heavy atom. The highest BCUT2D eigenvalue weighted by Crippen LogP contribution is 2.16. The molecule has 1 N–H and O–H groups in total. The molecule has 16 heavy (non-hydrogen) atoms. The lowest BCUT2D eigenvalue weighted by Gasteiger charge is -2.03. The molecule has 0 fully saturated rings. The summed E-state index contributed by atoms with van der Waals surface area (Å²) in [6, 6.07) is 5.19. The second-order valence-corrected chi connectivity index (χ2v) is 3.49. The van der Waals surface area contributed by atoms with Crippen molar-refractivity contribution >= 4 is 17.5 Å². The van der Waals surface area contributed by atoms with Crippen molar-refractivity contribution in [2.75, 3.05) is 0 Å². The Kier molecular flexibility index (Phi) is 3.22. The van der Waals surface area contributed by atoms with Crippen molar-refractivity contribution in [3.63, 3.8) is 0 Å². The maximum atomic E-state index is 11.6. The van der Waals surface area contributed by atoms with Crippen LogP contribution in [0.1, 0.15) is 15.9 Å². The first-order valence-corrected chi connectivity index (χ1v) is 5.05. The number of amides is 1. The first-order chi connectivity index (χ1) is 7.77. The zero-order valence-corrected chi connectivity index (χ0v) is 9.07. The molecule has 0 radical (unpaired) electrons. The van der Waals surface area contributed by atoms with Gasteiger partial charge in [-0.1, -0.05) is 0 Å². The van der Waals surface area contributed by atoms with Crippen LogP contribution in [0.2, 0.25) is 5.22 Å². The number of nitrogens with one attached hydrogen (secondary N) is 1. The maximum absolute atomic E-state index is 11.6. The van der Waals surface area contributed by atoms with E-state index in [1.807, 2.05) is 12.1 Å². The Labute approximate surface area is 97.2 Å². The van der Waals surface area contributed by atoms with E-state index in [-0.39, 0.29) is 11.1 Å². The van der Waals surface area contributed by atoms with E-state index in [2.05, 4.69) is 10.3 Å². The highest BCUT2D eigenvalue weighted by molar-refractivity contribution is 6.32. The van der Waals surface area contributed by atoms with Gasteiger partial charge in [-0.05, 0) is 35.4 Å². The van der Waals surface area contributed by atoms with E-state index in [1.165, 1.54) is 12.3 Å². The zero-order valence-electron chi connectivity index (χ0n) is 8.31. The molecule has 0 aliphatic rings. The first-order valence-electron chi connectivity index (χ1n) is 4.67. The van der Waals surface area contributed by atoms with Gasteiger partial charge < -0.3 is 9.73 Å². The van der Waals surface area contributed by atoms with Crippen LogP contribution in [0.3, 0.4) is 0 Å². The van der Waals surface area contributed by atoms with E-state index in [9.17, 15) is 4.79 Å². The van der Waals surface area contributed by atoms with Crippen molar-refractivity contribution in [3.05, 3.63) is 53.2 Å². The number of hydrogen-bond acceptors (Lipinski definition) is 3. The van der Waals surface area contributed by atoms with Crippen molar-refractivity contribution in [2.45, 2.75) is 6.54 Å². The number of nitrogens with zero attached hydrogens (tertiary/aromatic N) is 1. The number of rotatable bonds is 3. The molecule has 2 rings (SSSR count). The molecule has 0 bridgehead atoms. The minimum atomic E-state index is -0.254. The lowest BCUT2D eigenvalue weighted by Crippen LogP contribution is -2.22. The molecule has 5 heteroatoms. The third-order valence-electron chi connectivity index (χ3n) is 2.07. The minimum Gasteiger partial charge on any atom is -0.452 e. The van der Waals surface area contributed by atoms with Crippen molar-refractivity contribution < 1.29 is 9.21 Å². The van der Waals surface area contributed by atoms with E-state index in [0.29, 0.717) is 12.1 Å². The number of furan rings is 1. The lowest BCUT2D eigenvalue weighted by molar-refractivity contribution is 0.0950. The van der Waals surface area contributed by atoms with Gasteiger partial charge in [0.05, 0.1) is 11.8 Å². The molecule has 0 spiro atoms. The molecule has 0 aromatic carbocycles. The largest absolute Gasteiger partial charge is 0.452 e. The van der Waals surface area contributed by atoms with Crippen molar-refractivity contribution in [2.24, 2.45) is 0 Å². The van der Waals surface area contributed by atoms with Crippen molar-refractivity contribution in [1.29, 1.82) is 0 Å². The molecule has 0 atom stereocenters. The number of carbonyl (C=O) groups excluding carboxylic acids is 1. The molecular formula is C11H9ClN2O2. The second-order valence-electron chi connectivity index (χ2n) is 3.15. The van der Waals surface area contributed by atoms with Crippen LogP contribution in [-0.2, 0) is 6.54 Å². The molecule has 0 aliphatic carbocycles. The standard InChI is InChI=1S/C11H9ClN2O2/c12-10-9(3-6-16-10)11(15)14-7-8-1-4-13-5-2-8/h1-6H,7H2,(H,14,15). The summed E-state index contributed by atoms with van der Waals surface area (Å²) < 4.78 is 4.83. The van der Waals surface area contributed by atoms with Crippen LogP contribution in [0.5, 0.6) is 0 Å². The SMILES string of the molecule is O=C(NCc1ccncc1)c1ccoc1Cl. The normalized spacial score (nSPS) is 10.1. The molecule has 1 amide bonds. The summed E-state index contributed by atoms with van der Waals surface area (Å²) >= 11 is 5.68. The topological polar surface area (TPSA) is 55.1 Å². The summed E-state index contributed by atoms with van der Waals surface area (Å²) in [5.74, 6) is -0.254. The number of aromatic nitrogens is 1. The quantitative estimate of drug-likeness (QED) is 0.889. The molecule has 82 valence electrons. The number of pyridine rings is 1. The molecule has 2 aromatic heterocycles. The fraction of sp³-hybridized carbons (Fsp3) is 0.0909. The van der Waals surface area contributed by atoms with Gasteiger partial charge >= 0.3 is 0 Å². The van der Waals surface area contributed by atoms with Crippen LogP contribution < -0.4 is 5.32 Å². The molecule has 0 unspecified atom stereocenters. The molecule has 2 aromatic rings. The Bertz CT molecular complexity index is 482. The van der Waals surface area contributed by atoms with E-state index < -0.39 is 0 Å². The average molecular weight is 237 g/mol. The smallest absolute Gasteiger partial charge is 0.256 e. The van der Waals surface area contributed by atoms with Crippen LogP contribution in [0.25, 0.3) is 0 Å². The predicted molar refractivity (Wildman–Crippen MR) is 59.1 cm³/mol. The predicted octanol–water partition coefficient (Wildman–Crippen LogP) is 2.26. The van der Waals surface area contributed by atoms with Crippen molar-refractivity contribution in [3.8, 4) is 0 Å². The lowest BCUT2D eigenvalue weighted by atomic mass is 10.2. The van der Waals surface area contributed by atoms with E-state index in [0.717, 1.165) is 5.56 Å². The highest BCUT2D eigenvalue weighted by Gasteiger charge is 2.11. The third kappa shape index (κ3) is 2.41. The van der Waals surface area contributed by atoms with Gasteiger partial charge in [0.25, 0.3) is 5.91 Å². The summed E-state index contributed by atoms with van der Waals surface area (Å²) in [5, 5.41) is 2.83. The summed E-state index contributed by atoms with van der Waals surface area (Å²) in [7, 11) is 0.